The number of hydrogen-bond donors (Lipinski definition) is 1. The third-order valence-corrected chi connectivity index (χ3v) is 5.74. The van der Waals surface area contributed by atoms with E-state index in [1.807, 2.05) is 11.3 Å². The van der Waals surface area contributed by atoms with Gasteiger partial charge in [0, 0.05) is 24.1 Å². The number of nitrogens with one attached hydrogen (secondary N) is 1. The highest BCUT2D eigenvalue weighted by atomic mass is 127. The predicted molar refractivity (Wildman–Crippen MR) is 84.3 cm³/mol. The molecule has 1 atom stereocenters. The zero-order chi connectivity index (χ0) is 12.4. The summed E-state index contributed by atoms with van der Waals surface area (Å²) in [6.07, 6.45) is 6.64. The highest BCUT2D eigenvalue weighted by molar-refractivity contribution is 14.1. The molecule has 0 bridgehead atoms. The molecular formula is C14H20INOS. The lowest BCUT2D eigenvalue weighted by atomic mass is 9.94. The van der Waals surface area contributed by atoms with Crippen molar-refractivity contribution in [1.29, 1.82) is 0 Å². The topological polar surface area (TPSA) is 21.3 Å². The Balaban J connectivity index is 1.44. The van der Waals surface area contributed by atoms with Gasteiger partial charge in [0.2, 0.25) is 0 Å². The van der Waals surface area contributed by atoms with Gasteiger partial charge in [-0.15, -0.1) is 11.3 Å². The van der Waals surface area contributed by atoms with Crippen LogP contribution in [0.3, 0.4) is 0 Å². The minimum Gasteiger partial charge on any atom is -0.380 e. The van der Waals surface area contributed by atoms with Gasteiger partial charge in [-0.2, -0.15) is 0 Å². The Morgan fingerprint density at radius 2 is 2.28 bits per heavy atom. The number of thiophene rings is 1. The molecule has 1 aromatic rings. The maximum absolute atomic E-state index is 5.68. The molecule has 0 radical (unpaired) electrons. The molecule has 1 unspecified atom stereocenters. The second-order valence-electron chi connectivity index (χ2n) is 5.35. The number of rotatable bonds is 6. The van der Waals surface area contributed by atoms with Crippen LogP contribution in [0.15, 0.2) is 6.07 Å². The van der Waals surface area contributed by atoms with Crippen LogP contribution in [0.5, 0.6) is 0 Å². The van der Waals surface area contributed by atoms with Crippen molar-refractivity contribution >= 4 is 33.9 Å². The summed E-state index contributed by atoms with van der Waals surface area (Å²) in [4.78, 5) is 1.60. The normalized spacial score (nSPS) is 23.1. The van der Waals surface area contributed by atoms with Crippen molar-refractivity contribution in [2.24, 2.45) is 5.92 Å². The van der Waals surface area contributed by atoms with Gasteiger partial charge in [0.05, 0.1) is 9.49 Å². The van der Waals surface area contributed by atoms with Crippen LogP contribution in [-0.4, -0.2) is 19.8 Å². The van der Waals surface area contributed by atoms with Crippen LogP contribution in [0.4, 0.5) is 0 Å². The van der Waals surface area contributed by atoms with Crippen molar-refractivity contribution in [3.8, 4) is 0 Å². The SMILES string of the molecule is Ic1cc2c(s1)CCCC2NCCOCC1CC1. The van der Waals surface area contributed by atoms with Crippen molar-refractivity contribution in [3.05, 3.63) is 19.4 Å². The lowest BCUT2D eigenvalue weighted by Gasteiger charge is -2.23. The fraction of sp³-hybridized carbons (Fsp3) is 0.714. The molecule has 1 heterocycles. The second kappa shape index (κ2) is 6.20. The molecule has 1 saturated carbocycles. The molecular weight excluding hydrogens is 357 g/mol. The average molecular weight is 377 g/mol. The summed E-state index contributed by atoms with van der Waals surface area (Å²) in [6, 6.07) is 2.93. The van der Waals surface area contributed by atoms with E-state index in [1.165, 1.54) is 35.0 Å². The maximum atomic E-state index is 5.68. The van der Waals surface area contributed by atoms with Crippen LogP contribution in [0, 0.1) is 8.80 Å². The summed E-state index contributed by atoms with van der Waals surface area (Å²) in [5.74, 6) is 0.879. The molecule has 3 rings (SSSR count). The number of ether oxygens (including phenoxy) is 1. The summed E-state index contributed by atoms with van der Waals surface area (Å²) in [5.41, 5.74) is 1.55. The Morgan fingerprint density at radius 3 is 3.11 bits per heavy atom. The van der Waals surface area contributed by atoms with E-state index in [2.05, 4.69) is 34.0 Å². The summed E-state index contributed by atoms with van der Waals surface area (Å²) in [7, 11) is 0. The van der Waals surface area contributed by atoms with Crippen LogP contribution in [-0.2, 0) is 11.2 Å². The molecule has 1 N–H and O–H groups in total. The van der Waals surface area contributed by atoms with Gasteiger partial charge in [-0.05, 0) is 72.2 Å². The quantitative estimate of drug-likeness (QED) is 0.602. The average Bonchev–Trinajstić information content (AvgIpc) is 3.09. The number of fused-ring (bicyclic) bond motifs is 1. The third kappa shape index (κ3) is 3.46. The number of halogens is 1. The Labute approximate surface area is 127 Å². The van der Waals surface area contributed by atoms with Gasteiger partial charge in [0.1, 0.15) is 0 Å². The Kier molecular flexibility index (Phi) is 4.59. The predicted octanol–water partition coefficient (Wildman–Crippen LogP) is 3.75. The summed E-state index contributed by atoms with van der Waals surface area (Å²) in [6.45, 7) is 2.83. The second-order valence-corrected chi connectivity index (χ2v) is 8.38. The number of hydrogen-bond acceptors (Lipinski definition) is 3. The Bertz CT molecular complexity index is 402. The van der Waals surface area contributed by atoms with Crippen LogP contribution in [0.2, 0.25) is 0 Å². The van der Waals surface area contributed by atoms with Crippen LogP contribution in [0.1, 0.15) is 42.2 Å². The van der Waals surface area contributed by atoms with Gasteiger partial charge in [-0.25, -0.2) is 0 Å². The molecule has 0 amide bonds. The molecule has 18 heavy (non-hydrogen) atoms. The summed E-state index contributed by atoms with van der Waals surface area (Å²) < 4.78 is 7.11. The van der Waals surface area contributed by atoms with Gasteiger partial charge < -0.3 is 10.1 Å². The summed E-state index contributed by atoms with van der Waals surface area (Å²) in [5, 5.41) is 3.66. The van der Waals surface area contributed by atoms with Crippen LogP contribution < -0.4 is 5.32 Å². The smallest absolute Gasteiger partial charge is 0.0659 e. The van der Waals surface area contributed by atoms with Crippen molar-refractivity contribution in [2.45, 2.75) is 38.1 Å². The molecule has 4 heteroatoms. The highest BCUT2D eigenvalue weighted by Gasteiger charge is 2.23. The van der Waals surface area contributed by atoms with Crippen molar-refractivity contribution in [1.82, 2.24) is 5.32 Å². The van der Waals surface area contributed by atoms with Gasteiger partial charge in [-0.1, -0.05) is 0 Å². The fourth-order valence-electron chi connectivity index (χ4n) is 2.57. The van der Waals surface area contributed by atoms with E-state index in [0.29, 0.717) is 6.04 Å². The monoisotopic (exact) mass is 377 g/mol. The highest BCUT2D eigenvalue weighted by Crippen LogP contribution is 2.36. The van der Waals surface area contributed by atoms with Crippen LogP contribution in [0.25, 0.3) is 0 Å². The molecule has 1 aromatic heterocycles. The lowest BCUT2D eigenvalue weighted by Crippen LogP contribution is -2.27. The molecule has 0 aromatic carbocycles. The molecule has 0 aliphatic heterocycles. The van der Waals surface area contributed by atoms with E-state index in [4.69, 9.17) is 4.74 Å². The van der Waals surface area contributed by atoms with Gasteiger partial charge in [-0.3, -0.25) is 0 Å². The molecule has 0 saturated heterocycles. The lowest BCUT2D eigenvalue weighted by molar-refractivity contribution is 0.123. The third-order valence-electron chi connectivity index (χ3n) is 3.77. The number of aryl methyl sites for hydroxylation is 1. The first-order valence-corrected chi connectivity index (χ1v) is 8.81. The van der Waals surface area contributed by atoms with E-state index in [0.717, 1.165) is 25.7 Å². The molecule has 2 nitrogen and oxygen atoms in total. The van der Waals surface area contributed by atoms with E-state index < -0.39 is 0 Å². The zero-order valence-electron chi connectivity index (χ0n) is 10.6. The molecule has 0 spiro atoms. The van der Waals surface area contributed by atoms with Gasteiger partial charge >= 0.3 is 0 Å². The van der Waals surface area contributed by atoms with E-state index in [1.54, 1.807) is 10.4 Å². The molecule has 1 fully saturated rings. The van der Waals surface area contributed by atoms with E-state index in [-0.39, 0.29) is 0 Å². The largest absolute Gasteiger partial charge is 0.380 e. The van der Waals surface area contributed by atoms with E-state index in [9.17, 15) is 0 Å². The first kappa shape index (κ1) is 13.3. The maximum Gasteiger partial charge on any atom is 0.0659 e. The van der Waals surface area contributed by atoms with Crippen molar-refractivity contribution in [2.75, 3.05) is 19.8 Å². The first-order valence-electron chi connectivity index (χ1n) is 6.92. The first-order chi connectivity index (χ1) is 8.83. The van der Waals surface area contributed by atoms with Crippen LogP contribution >= 0.6 is 33.9 Å². The minimum atomic E-state index is 0.568. The Morgan fingerprint density at radius 1 is 1.39 bits per heavy atom. The Hall–Kier alpha value is 0.350. The van der Waals surface area contributed by atoms with Gasteiger partial charge in [0.25, 0.3) is 0 Å². The van der Waals surface area contributed by atoms with Crippen molar-refractivity contribution in [3.63, 3.8) is 0 Å². The zero-order valence-corrected chi connectivity index (χ0v) is 13.6. The van der Waals surface area contributed by atoms with Gasteiger partial charge in [0.15, 0.2) is 0 Å². The standard InChI is InChI=1S/C14H20INOS/c15-14-8-11-12(2-1-3-13(11)18-14)16-6-7-17-9-10-4-5-10/h8,10,12,16H,1-7,9H2. The van der Waals surface area contributed by atoms with Crippen molar-refractivity contribution < 1.29 is 4.74 Å². The fourth-order valence-corrected chi connectivity index (χ4v) is 4.69. The molecule has 100 valence electrons. The molecule has 2 aliphatic carbocycles. The minimum absolute atomic E-state index is 0.568. The molecule has 2 aliphatic rings. The summed E-state index contributed by atoms with van der Waals surface area (Å²) >= 11 is 4.41. The van der Waals surface area contributed by atoms with E-state index >= 15 is 0 Å².